The summed E-state index contributed by atoms with van der Waals surface area (Å²) in [6.07, 6.45) is 1.46. The van der Waals surface area contributed by atoms with Crippen LogP contribution in [0.1, 0.15) is 16.7 Å². The first kappa shape index (κ1) is 21.2. The molecule has 0 fully saturated rings. The molecule has 0 saturated heterocycles. The van der Waals surface area contributed by atoms with Crippen molar-refractivity contribution >= 4 is 22.6 Å². The lowest BCUT2D eigenvalue weighted by atomic mass is 10.1. The van der Waals surface area contributed by atoms with Gasteiger partial charge in [0.15, 0.2) is 5.52 Å². The third kappa shape index (κ3) is 4.07. The lowest BCUT2D eigenvalue weighted by Crippen LogP contribution is -2.42. The Labute approximate surface area is 182 Å². The normalized spacial score (nSPS) is 11.0. The zero-order valence-corrected chi connectivity index (χ0v) is 17.6. The average molecular weight is 432 g/mol. The monoisotopic (exact) mass is 432 g/mol. The van der Waals surface area contributed by atoms with E-state index in [0.717, 1.165) is 15.7 Å². The van der Waals surface area contributed by atoms with E-state index in [1.807, 2.05) is 26.0 Å². The van der Waals surface area contributed by atoms with E-state index in [1.165, 1.54) is 35.0 Å². The fourth-order valence-electron chi connectivity index (χ4n) is 3.53. The zero-order chi connectivity index (χ0) is 22.8. The Hall–Kier alpha value is -4.07. The maximum absolute atomic E-state index is 13.2. The first-order chi connectivity index (χ1) is 15.3. The summed E-state index contributed by atoms with van der Waals surface area (Å²) < 4.78 is 15.5. The summed E-state index contributed by atoms with van der Waals surface area (Å²) in [6, 6.07) is 14.3. The molecule has 0 aliphatic carbocycles. The van der Waals surface area contributed by atoms with Crippen LogP contribution in [0.15, 0.2) is 70.4 Å². The van der Waals surface area contributed by atoms with Crippen LogP contribution < -0.4 is 16.6 Å². The molecule has 0 bridgehead atoms. The van der Waals surface area contributed by atoms with E-state index < -0.39 is 23.0 Å². The van der Waals surface area contributed by atoms with Gasteiger partial charge in [-0.25, -0.2) is 14.2 Å². The number of carbonyl (C=O) groups is 1. The topological polar surface area (TPSA) is 86.0 Å². The SMILES string of the molecule is Cc1cccc(NC(=O)Cn2c(=O)n(Cc3ccc(F)cc3)c(=O)c3ncccc32)c1C. The van der Waals surface area contributed by atoms with Crippen molar-refractivity contribution in [2.24, 2.45) is 0 Å². The maximum Gasteiger partial charge on any atom is 0.332 e. The van der Waals surface area contributed by atoms with E-state index in [4.69, 9.17) is 0 Å². The number of amides is 1. The van der Waals surface area contributed by atoms with Gasteiger partial charge in [-0.15, -0.1) is 0 Å². The van der Waals surface area contributed by atoms with Gasteiger partial charge in [0.1, 0.15) is 12.4 Å². The van der Waals surface area contributed by atoms with E-state index in [0.29, 0.717) is 11.3 Å². The molecule has 2 aromatic heterocycles. The van der Waals surface area contributed by atoms with E-state index >= 15 is 0 Å². The number of carbonyl (C=O) groups excluding carboxylic acids is 1. The molecular formula is C24H21FN4O3. The van der Waals surface area contributed by atoms with Crippen LogP contribution in [0.4, 0.5) is 10.1 Å². The molecule has 8 heteroatoms. The number of hydrogen-bond donors (Lipinski definition) is 1. The van der Waals surface area contributed by atoms with Crippen LogP contribution in [0.5, 0.6) is 0 Å². The molecule has 4 aromatic rings. The van der Waals surface area contributed by atoms with Gasteiger partial charge in [-0.2, -0.15) is 0 Å². The number of nitrogens with zero attached hydrogens (tertiary/aromatic N) is 3. The molecule has 7 nitrogen and oxygen atoms in total. The third-order valence-electron chi connectivity index (χ3n) is 5.42. The number of nitrogens with one attached hydrogen (secondary N) is 1. The summed E-state index contributed by atoms with van der Waals surface area (Å²) in [7, 11) is 0. The van der Waals surface area contributed by atoms with Crippen LogP contribution in [0.25, 0.3) is 11.0 Å². The second kappa shape index (κ2) is 8.58. The summed E-state index contributed by atoms with van der Waals surface area (Å²) >= 11 is 0. The molecule has 1 N–H and O–H groups in total. The van der Waals surface area contributed by atoms with Gasteiger partial charge in [-0.05, 0) is 60.9 Å². The zero-order valence-electron chi connectivity index (χ0n) is 17.6. The number of aromatic nitrogens is 3. The number of benzene rings is 2. The van der Waals surface area contributed by atoms with Gasteiger partial charge in [-0.1, -0.05) is 24.3 Å². The van der Waals surface area contributed by atoms with Crippen LogP contribution >= 0.6 is 0 Å². The van der Waals surface area contributed by atoms with Crippen molar-refractivity contribution in [2.75, 3.05) is 5.32 Å². The number of rotatable bonds is 5. The summed E-state index contributed by atoms with van der Waals surface area (Å²) in [5.74, 6) is -0.820. The molecule has 4 rings (SSSR count). The molecule has 0 saturated carbocycles. The smallest absolute Gasteiger partial charge is 0.324 e. The Kier molecular flexibility index (Phi) is 5.68. The number of anilines is 1. The summed E-state index contributed by atoms with van der Waals surface area (Å²) in [6.45, 7) is 3.49. The standard InChI is InChI=1S/C24H21FN4O3/c1-15-5-3-6-19(16(15)2)27-21(30)14-28-20-7-4-12-26-22(20)23(31)29(24(28)32)13-17-8-10-18(25)11-9-17/h3-12H,13-14H2,1-2H3,(H,27,30). The van der Waals surface area contributed by atoms with E-state index in [2.05, 4.69) is 10.3 Å². The quantitative estimate of drug-likeness (QED) is 0.525. The van der Waals surface area contributed by atoms with Gasteiger partial charge in [0.2, 0.25) is 5.91 Å². The summed E-state index contributed by atoms with van der Waals surface area (Å²) in [5.41, 5.74) is 2.33. The van der Waals surface area contributed by atoms with Crippen molar-refractivity contribution in [3.8, 4) is 0 Å². The summed E-state index contributed by atoms with van der Waals surface area (Å²) in [4.78, 5) is 43.1. The molecule has 162 valence electrons. The highest BCUT2D eigenvalue weighted by Crippen LogP contribution is 2.18. The van der Waals surface area contributed by atoms with Crippen molar-refractivity contribution in [1.29, 1.82) is 0 Å². The fourth-order valence-corrected chi connectivity index (χ4v) is 3.53. The van der Waals surface area contributed by atoms with E-state index in [1.54, 1.807) is 18.2 Å². The minimum absolute atomic E-state index is 0.0664. The van der Waals surface area contributed by atoms with Crippen molar-refractivity contribution in [3.63, 3.8) is 0 Å². The van der Waals surface area contributed by atoms with Crippen molar-refractivity contribution < 1.29 is 9.18 Å². The molecule has 0 radical (unpaired) electrons. The van der Waals surface area contributed by atoms with Gasteiger partial charge in [0, 0.05) is 11.9 Å². The molecule has 1 amide bonds. The molecule has 0 atom stereocenters. The van der Waals surface area contributed by atoms with E-state index in [-0.39, 0.29) is 24.1 Å². The number of aryl methyl sites for hydroxylation is 1. The summed E-state index contributed by atoms with van der Waals surface area (Å²) in [5, 5.41) is 2.83. The molecule has 0 aliphatic heterocycles. The highest BCUT2D eigenvalue weighted by atomic mass is 19.1. The molecular weight excluding hydrogens is 411 g/mol. The van der Waals surface area contributed by atoms with E-state index in [9.17, 15) is 18.8 Å². The number of hydrogen-bond acceptors (Lipinski definition) is 4. The van der Waals surface area contributed by atoms with Gasteiger partial charge >= 0.3 is 5.69 Å². The second-order valence-corrected chi connectivity index (χ2v) is 7.55. The van der Waals surface area contributed by atoms with Gasteiger partial charge in [0.05, 0.1) is 12.1 Å². The maximum atomic E-state index is 13.2. The molecule has 2 heterocycles. The van der Waals surface area contributed by atoms with Crippen molar-refractivity contribution in [1.82, 2.24) is 14.1 Å². The first-order valence-corrected chi connectivity index (χ1v) is 10.0. The second-order valence-electron chi connectivity index (χ2n) is 7.55. The molecule has 0 spiro atoms. The molecule has 0 aliphatic rings. The predicted octanol–water partition coefficient (Wildman–Crippen LogP) is 3.00. The molecule has 2 aromatic carbocycles. The Balaban J connectivity index is 1.75. The van der Waals surface area contributed by atoms with Gasteiger partial charge in [-0.3, -0.25) is 18.7 Å². The number of pyridine rings is 1. The predicted molar refractivity (Wildman–Crippen MR) is 120 cm³/mol. The van der Waals surface area contributed by atoms with Crippen LogP contribution in [-0.4, -0.2) is 20.0 Å². The minimum Gasteiger partial charge on any atom is -0.324 e. The van der Waals surface area contributed by atoms with Crippen LogP contribution in [-0.2, 0) is 17.9 Å². The van der Waals surface area contributed by atoms with Crippen molar-refractivity contribution in [2.45, 2.75) is 26.9 Å². The number of fused-ring (bicyclic) bond motifs is 1. The fraction of sp³-hybridized carbons (Fsp3) is 0.167. The Morgan fingerprint density at radius 2 is 1.75 bits per heavy atom. The lowest BCUT2D eigenvalue weighted by molar-refractivity contribution is -0.116. The molecule has 0 unspecified atom stereocenters. The van der Waals surface area contributed by atoms with Crippen LogP contribution in [0, 0.1) is 19.7 Å². The van der Waals surface area contributed by atoms with Crippen LogP contribution in [0.3, 0.4) is 0 Å². The third-order valence-corrected chi connectivity index (χ3v) is 5.42. The van der Waals surface area contributed by atoms with Crippen molar-refractivity contribution in [3.05, 3.63) is 104 Å². The lowest BCUT2D eigenvalue weighted by Gasteiger charge is -2.15. The Bertz CT molecular complexity index is 1440. The minimum atomic E-state index is -0.643. The first-order valence-electron chi connectivity index (χ1n) is 10.0. The molecule has 32 heavy (non-hydrogen) atoms. The van der Waals surface area contributed by atoms with Crippen LogP contribution in [0.2, 0.25) is 0 Å². The highest BCUT2D eigenvalue weighted by Gasteiger charge is 2.17. The largest absolute Gasteiger partial charge is 0.332 e. The Morgan fingerprint density at radius 1 is 1.00 bits per heavy atom. The Morgan fingerprint density at radius 3 is 2.50 bits per heavy atom. The van der Waals surface area contributed by atoms with Gasteiger partial charge in [0.25, 0.3) is 5.56 Å². The highest BCUT2D eigenvalue weighted by molar-refractivity contribution is 5.92. The average Bonchev–Trinajstić information content (AvgIpc) is 2.78. The number of halogens is 1. The van der Waals surface area contributed by atoms with Gasteiger partial charge < -0.3 is 5.32 Å².